The molecule has 106 valence electrons. The van der Waals surface area contributed by atoms with E-state index in [4.69, 9.17) is 0 Å². The Kier molecular flexibility index (Phi) is 2.51. The number of rotatable bonds is 2. The van der Waals surface area contributed by atoms with Crippen molar-refractivity contribution in [3.63, 3.8) is 0 Å². The molecular weight excluding hydrogens is 272 g/mol. The first-order valence-corrected chi connectivity index (χ1v) is 6.78. The number of aromatic nitrogens is 2. The van der Waals surface area contributed by atoms with Crippen LogP contribution in [-0.4, -0.2) is 28.6 Å². The number of anilines is 1. The van der Waals surface area contributed by atoms with Crippen molar-refractivity contribution in [2.24, 2.45) is 0 Å². The maximum Gasteiger partial charge on any atom is 0.139 e. The molecule has 1 fully saturated rings. The summed E-state index contributed by atoms with van der Waals surface area (Å²) in [5.74, 6) is -0.314. The molecule has 1 aliphatic rings. The zero-order valence-corrected chi connectivity index (χ0v) is 11.3. The highest BCUT2D eigenvalue weighted by atomic mass is 19.1. The van der Waals surface area contributed by atoms with Crippen molar-refractivity contribution in [3.8, 4) is 0 Å². The number of alkyl halides is 1. The molecule has 0 N–H and O–H groups in total. The molecule has 4 rings (SSSR count). The van der Waals surface area contributed by atoms with E-state index in [1.165, 1.54) is 12.1 Å². The third kappa shape index (κ3) is 1.81. The number of hydrogen-bond acceptors (Lipinski definition) is 2. The van der Waals surface area contributed by atoms with Crippen molar-refractivity contribution in [3.05, 3.63) is 48.4 Å². The van der Waals surface area contributed by atoms with Gasteiger partial charge in [-0.3, -0.25) is 4.40 Å². The van der Waals surface area contributed by atoms with E-state index >= 15 is 0 Å². The van der Waals surface area contributed by atoms with Crippen LogP contribution in [0.1, 0.15) is 5.56 Å². The van der Waals surface area contributed by atoms with Crippen molar-refractivity contribution >= 4 is 28.4 Å². The first kappa shape index (κ1) is 12.3. The van der Waals surface area contributed by atoms with E-state index in [0.29, 0.717) is 24.2 Å². The molecule has 1 aromatic carbocycles. The molecule has 0 radical (unpaired) electrons. The fraction of sp³-hybridized carbons (Fsp3) is 0.188. The van der Waals surface area contributed by atoms with Gasteiger partial charge in [-0.25, -0.2) is 13.8 Å². The van der Waals surface area contributed by atoms with E-state index < -0.39 is 6.17 Å². The van der Waals surface area contributed by atoms with Gasteiger partial charge in [-0.05, 0) is 12.1 Å². The van der Waals surface area contributed by atoms with Crippen LogP contribution in [0, 0.1) is 5.82 Å². The quantitative estimate of drug-likeness (QED) is 0.719. The zero-order valence-electron chi connectivity index (χ0n) is 11.3. The predicted molar refractivity (Wildman–Crippen MR) is 79.9 cm³/mol. The molecule has 0 bridgehead atoms. The van der Waals surface area contributed by atoms with Gasteiger partial charge >= 0.3 is 0 Å². The monoisotopic (exact) mass is 285 g/mol. The molecule has 3 nitrogen and oxygen atoms in total. The van der Waals surface area contributed by atoms with Gasteiger partial charge in [0.1, 0.15) is 17.6 Å². The maximum atomic E-state index is 13.9. The summed E-state index contributed by atoms with van der Waals surface area (Å²) in [4.78, 5) is 6.47. The van der Waals surface area contributed by atoms with Gasteiger partial charge in [0, 0.05) is 29.6 Å². The molecule has 0 atom stereocenters. The van der Waals surface area contributed by atoms with Crippen LogP contribution in [0.3, 0.4) is 0 Å². The first-order chi connectivity index (χ1) is 10.2. The third-order valence-electron chi connectivity index (χ3n) is 3.93. The maximum absolute atomic E-state index is 13.9. The minimum Gasteiger partial charge on any atom is -0.365 e. The number of nitrogens with zero attached hydrogens (tertiary/aromatic N) is 3. The minimum atomic E-state index is -0.746. The Hall–Kier alpha value is -2.43. The SMILES string of the molecule is C=Cc1cc2nc3cc(N4CC(F)C4)ccn3c2cc1F. The van der Waals surface area contributed by atoms with Crippen molar-refractivity contribution < 1.29 is 8.78 Å². The summed E-state index contributed by atoms with van der Waals surface area (Å²) < 4.78 is 28.7. The Bertz CT molecular complexity index is 863. The average molecular weight is 285 g/mol. The second kappa shape index (κ2) is 4.28. The summed E-state index contributed by atoms with van der Waals surface area (Å²) in [7, 11) is 0. The summed E-state index contributed by atoms with van der Waals surface area (Å²) in [6.07, 6.45) is 2.58. The van der Waals surface area contributed by atoms with Gasteiger partial charge in [-0.1, -0.05) is 12.7 Å². The van der Waals surface area contributed by atoms with Crippen LogP contribution in [0.4, 0.5) is 14.5 Å². The number of imidazole rings is 1. The van der Waals surface area contributed by atoms with E-state index in [1.54, 1.807) is 6.07 Å². The van der Waals surface area contributed by atoms with E-state index in [9.17, 15) is 8.78 Å². The van der Waals surface area contributed by atoms with Crippen LogP contribution in [0.2, 0.25) is 0 Å². The Morgan fingerprint density at radius 1 is 1.29 bits per heavy atom. The Morgan fingerprint density at radius 2 is 2.10 bits per heavy atom. The topological polar surface area (TPSA) is 20.5 Å². The molecule has 0 amide bonds. The first-order valence-electron chi connectivity index (χ1n) is 6.78. The van der Waals surface area contributed by atoms with Gasteiger partial charge in [0.25, 0.3) is 0 Å². The van der Waals surface area contributed by atoms with E-state index in [1.807, 2.05) is 27.6 Å². The molecule has 0 unspecified atom stereocenters. The van der Waals surface area contributed by atoms with Crippen molar-refractivity contribution in [2.75, 3.05) is 18.0 Å². The number of halogens is 2. The van der Waals surface area contributed by atoms with Gasteiger partial charge in [-0.15, -0.1) is 0 Å². The van der Waals surface area contributed by atoms with Gasteiger partial charge in [0.15, 0.2) is 0 Å². The van der Waals surface area contributed by atoms with Gasteiger partial charge in [0.05, 0.1) is 24.1 Å². The Balaban J connectivity index is 1.88. The Labute approximate surface area is 120 Å². The lowest BCUT2D eigenvalue weighted by molar-refractivity contribution is 0.275. The normalized spacial score (nSPS) is 15.6. The van der Waals surface area contributed by atoms with Gasteiger partial charge in [0.2, 0.25) is 0 Å². The fourth-order valence-electron chi connectivity index (χ4n) is 2.73. The molecule has 0 aliphatic carbocycles. The third-order valence-corrected chi connectivity index (χ3v) is 3.93. The van der Waals surface area contributed by atoms with Crippen LogP contribution in [0.5, 0.6) is 0 Å². The average Bonchev–Trinajstić information content (AvgIpc) is 2.79. The molecule has 3 aromatic rings. The second-order valence-electron chi connectivity index (χ2n) is 5.29. The van der Waals surface area contributed by atoms with Crippen LogP contribution < -0.4 is 4.90 Å². The molecule has 1 aliphatic heterocycles. The van der Waals surface area contributed by atoms with E-state index in [2.05, 4.69) is 11.6 Å². The van der Waals surface area contributed by atoms with Crippen molar-refractivity contribution in [1.29, 1.82) is 0 Å². The number of hydrogen-bond donors (Lipinski definition) is 0. The largest absolute Gasteiger partial charge is 0.365 e. The second-order valence-corrected chi connectivity index (χ2v) is 5.29. The molecular formula is C16H13F2N3. The van der Waals surface area contributed by atoms with Crippen LogP contribution in [0.15, 0.2) is 37.0 Å². The lowest BCUT2D eigenvalue weighted by atomic mass is 10.1. The molecule has 5 heteroatoms. The summed E-state index contributed by atoms with van der Waals surface area (Å²) in [6, 6.07) is 6.95. The van der Waals surface area contributed by atoms with Crippen LogP contribution in [-0.2, 0) is 0 Å². The molecule has 0 spiro atoms. The summed E-state index contributed by atoms with van der Waals surface area (Å²) in [6.45, 7) is 4.44. The summed E-state index contributed by atoms with van der Waals surface area (Å²) >= 11 is 0. The summed E-state index contributed by atoms with van der Waals surface area (Å²) in [5, 5.41) is 0. The van der Waals surface area contributed by atoms with Crippen LogP contribution in [0.25, 0.3) is 22.8 Å². The standard InChI is InChI=1S/C16H13F2N3/c1-2-10-5-14-15(7-13(10)18)21-4-3-12(6-16(21)19-14)20-8-11(17)9-20/h2-7,11H,1,8-9H2. The molecule has 2 aromatic heterocycles. The number of benzene rings is 1. The molecule has 1 saturated heterocycles. The lowest BCUT2D eigenvalue weighted by Gasteiger charge is -2.36. The molecule has 21 heavy (non-hydrogen) atoms. The molecule has 3 heterocycles. The number of pyridine rings is 1. The number of fused-ring (bicyclic) bond motifs is 3. The lowest BCUT2D eigenvalue weighted by Crippen LogP contribution is -2.48. The predicted octanol–water partition coefficient (Wildman–Crippen LogP) is 3.43. The van der Waals surface area contributed by atoms with Gasteiger partial charge < -0.3 is 4.90 Å². The highest BCUT2D eigenvalue weighted by Crippen LogP contribution is 2.27. The summed E-state index contributed by atoms with van der Waals surface area (Å²) in [5.41, 5.74) is 3.54. The zero-order chi connectivity index (χ0) is 14.6. The van der Waals surface area contributed by atoms with Crippen molar-refractivity contribution in [2.45, 2.75) is 6.17 Å². The molecule has 0 saturated carbocycles. The van der Waals surface area contributed by atoms with Gasteiger partial charge in [-0.2, -0.15) is 0 Å². The van der Waals surface area contributed by atoms with Crippen molar-refractivity contribution in [1.82, 2.24) is 9.38 Å². The minimum absolute atomic E-state index is 0.314. The Morgan fingerprint density at radius 3 is 2.81 bits per heavy atom. The highest BCUT2D eigenvalue weighted by Gasteiger charge is 2.26. The van der Waals surface area contributed by atoms with Crippen LogP contribution >= 0.6 is 0 Å². The van der Waals surface area contributed by atoms with E-state index in [0.717, 1.165) is 16.9 Å². The fourth-order valence-corrected chi connectivity index (χ4v) is 2.73. The smallest absolute Gasteiger partial charge is 0.139 e. The van der Waals surface area contributed by atoms with E-state index in [-0.39, 0.29) is 5.82 Å². The highest BCUT2D eigenvalue weighted by molar-refractivity contribution is 5.83.